The molecule has 250 valence electrons. The highest BCUT2D eigenvalue weighted by Crippen LogP contribution is 2.40. The molecule has 0 aliphatic carbocycles. The number of nitrogens with zero attached hydrogens (tertiary/aromatic N) is 1. The average Bonchev–Trinajstić information content (AvgIpc) is 3.10. The summed E-state index contributed by atoms with van der Waals surface area (Å²) in [6, 6.07) is 27.5. The number of methoxy groups -OCH3 is 1. The topological polar surface area (TPSA) is 143 Å². The first-order valence-electron chi connectivity index (χ1n) is 15.6. The number of benzene rings is 4. The van der Waals surface area contributed by atoms with Gasteiger partial charge in [0, 0.05) is 25.4 Å². The molecule has 8 atom stereocenters. The molecule has 0 bridgehead atoms. The van der Waals surface area contributed by atoms with E-state index < -0.39 is 55.4 Å². The molecule has 9 nitrogen and oxygen atoms in total. The lowest BCUT2D eigenvalue weighted by atomic mass is 9.90. The maximum Gasteiger partial charge on any atom is 0.123 e. The van der Waals surface area contributed by atoms with Gasteiger partial charge in [-0.05, 0) is 65.4 Å². The molecule has 1 aliphatic rings. The van der Waals surface area contributed by atoms with Gasteiger partial charge in [0.15, 0.2) is 0 Å². The highest BCUT2D eigenvalue weighted by Gasteiger charge is 2.44. The molecule has 8 unspecified atom stereocenters. The minimum atomic E-state index is -1.47. The van der Waals surface area contributed by atoms with Gasteiger partial charge in [-0.1, -0.05) is 66.7 Å². The van der Waals surface area contributed by atoms with E-state index in [9.17, 15) is 35.0 Å². The standard InChI is InChI=1S/C37H42FNO8/c1-39(27-6-4-3-5-7-27)33(31(46-2)19-18-29(41)23-12-15-26(38)16-13-23)28-17-14-25(20-30(28)42)22-8-10-24(11-9-22)37-36(45)35(44)34(43)32(21-40)47-37/h3-17,20,29,31-37,40-45H,18-19,21H2,1-2H3. The second-order valence-electron chi connectivity index (χ2n) is 12.0. The highest BCUT2D eigenvalue weighted by atomic mass is 19.1. The van der Waals surface area contributed by atoms with Crippen LogP contribution < -0.4 is 4.90 Å². The summed E-state index contributed by atoms with van der Waals surface area (Å²) in [5.41, 5.74) is 4.21. The molecule has 1 aliphatic heterocycles. The number of aliphatic hydroxyl groups excluding tert-OH is 5. The maximum atomic E-state index is 13.4. The molecule has 1 heterocycles. The van der Waals surface area contributed by atoms with Gasteiger partial charge < -0.3 is 45.0 Å². The predicted octanol–water partition coefficient (Wildman–Crippen LogP) is 4.42. The Kier molecular flexibility index (Phi) is 11.3. The van der Waals surface area contributed by atoms with E-state index in [1.165, 1.54) is 12.1 Å². The number of halogens is 1. The van der Waals surface area contributed by atoms with Crippen molar-refractivity contribution in [1.82, 2.24) is 0 Å². The smallest absolute Gasteiger partial charge is 0.123 e. The zero-order valence-electron chi connectivity index (χ0n) is 26.3. The minimum Gasteiger partial charge on any atom is -0.508 e. The third-order valence-electron chi connectivity index (χ3n) is 9.03. The summed E-state index contributed by atoms with van der Waals surface area (Å²) in [6.45, 7) is -0.510. The Labute approximate surface area is 273 Å². The molecular formula is C37H42FNO8. The van der Waals surface area contributed by atoms with Crippen molar-refractivity contribution in [2.24, 2.45) is 0 Å². The van der Waals surface area contributed by atoms with E-state index in [1.807, 2.05) is 54.4 Å². The number of para-hydroxylation sites is 1. The van der Waals surface area contributed by atoms with E-state index in [4.69, 9.17) is 9.47 Å². The molecule has 4 aromatic rings. The first-order valence-corrected chi connectivity index (χ1v) is 15.6. The first-order chi connectivity index (χ1) is 22.6. The maximum absolute atomic E-state index is 13.4. The Morgan fingerprint density at radius 1 is 0.830 bits per heavy atom. The van der Waals surface area contributed by atoms with Crippen molar-refractivity contribution in [2.75, 3.05) is 25.7 Å². The van der Waals surface area contributed by atoms with Gasteiger partial charge >= 0.3 is 0 Å². The SMILES string of the molecule is COC(CCC(O)c1ccc(F)cc1)C(c1ccc(-c2ccc(C3OC(CO)C(O)C(O)C3O)cc2)cc1O)N(C)c1ccccc1. The quantitative estimate of drug-likeness (QED) is 0.132. The summed E-state index contributed by atoms with van der Waals surface area (Å²) < 4.78 is 25.1. The fraction of sp³-hybridized carbons (Fsp3) is 0.351. The lowest BCUT2D eigenvalue weighted by Crippen LogP contribution is -2.55. The first kappa shape index (κ1) is 34.5. The van der Waals surface area contributed by atoms with Crippen molar-refractivity contribution in [1.29, 1.82) is 0 Å². The van der Waals surface area contributed by atoms with Crippen LogP contribution in [-0.2, 0) is 9.47 Å². The summed E-state index contributed by atoms with van der Waals surface area (Å²) in [5.74, 6) is -0.321. The van der Waals surface area contributed by atoms with Crippen molar-refractivity contribution < 1.29 is 44.5 Å². The lowest BCUT2D eigenvalue weighted by molar-refractivity contribution is -0.231. The number of rotatable bonds is 12. The second-order valence-corrected chi connectivity index (χ2v) is 12.0. The van der Waals surface area contributed by atoms with Gasteiger partial charge in [0.2, 0.25) is 0 Å². The molecule has 4 aromatic carbocycles. The normalized spacial score (nSPS) is 23.2. The highest BCUT2D eigenvalue weighted by molar-refractivity contribution is 5.67. The van der Waals surface area contributed by atoms with E-state index in [-0.39, 0.29) is 11.6 Å². The number of anilines is 1. The van der Waals surface area contributed by atoms with E-state index in [0.717, 1.165) is 16.8 Å². The number of aliphatic hydroxyl groups is 5. The average molecular weight is 648 g/mol. The van der Waals surface area contributed by atoms with Crippen molar-refractivity contribution >= 4 is 5.69 Å². The Hall–Kier alpha value is -3.87. The van der Waals surface area contributed by atoms with Gasteiger partial charge in [-0.2, -0.15) is 0 Å². The van der Waals surface area contributed by atoms with Crippen LogP contribution >= 0.6 is 0 Å². The summed E-state index contributed by atoms with van der Waals surface area (Å²) in [6.07, 6.45) is -6.72. The van der Waals surface area contributed by atoms with Crippen LogP contribution in [0.25, 0.3) is 11.1 Å². The van der Waals surface area contributed by atoms with Crippen LogP contribution in [0, 0.1) is 5.82 Å². The van der Waals surface area contributed by atoms with Crippen molar-refractivity contribution in [3.8, 4) is 16.9 Å². The van der Waals surface area contributed by atoms with Crippen molar-refractivity contribution in [3.63, 3.8) is 0 Å². The third kappa shape index (κ3) is 7.66. The zero-order chi connectivity index (χ0) is 33.7. The van der Waals surface area contributed by atoms with E-state index in [0.29, 0.717) is 29.5 Å². The fourth-order valence-electron chi connectivity index (χ4n) is 6.28. The Morgan fingerprint density at radius 2 is 1.49 bits per heavy atom. The van der Waals surface area contributed by atoms with Crippen LogP contribution in [0.5, 0.6) is 5.75 Å². The molecule has 0 saturated carbocycles. The van der Waals surface area contributed by atoms with E-state index in [1.54, 1.807) is 49.6 Å². The predicted molar refractivity (Wildman–Crippen MR) is 175 cm³/mol. The monoisotopic (exact) mass is 647 g/mol. The van der Waals surface area contributed by atoms with Gasteiger partial charge in [-0.15, -0.1) is 0 Å². The molecule has 5 rings (SSSR count). The Balaban J connectivity index is 1.39. The number of phenolic OH excluding ortho intramolecular Hbond substituents is 1. The fourth-order valence-corrected chi connectivity index (χ4v) is 6.28. The van der Waals surface area contributed by atoms with Crippen LogP contribution in [-0.4, -0.2) is 81.9 Å². The summed E-state index contributed by atoms with van der Waals surface area (Å²) >= 11 is 0. The van der Waals surface area contributed by atoms with Crippen LogP contribution in [0.3, 0.4) is 0 Å². The molecule has 0 aromatic heterocycles. The van der Waals surface area contributed by atoms with Gasteiger partial charge in [0.05, 0.1) is 24.9 Å². The number of hydrogen-bond donors (Lipinski definition) is 6. The summed E-state index contributed by atoms with van der Waals surface area (Å²) in [7, 11) is 3.52. The number of phenols is 1. The van der Waals surface area contributed by atoms with Gasteiger partial charge in [-0.25, -0.2) is 4.39 Å². The molecule has 1 fully saturated rings. The van der Waals surface area contributed by atoms with E-state index >= 15 is 0 Å². The zero-order valence-corrected chi connectivity index (χ0v) is 26.3. The Bertz CT molecular complexity index is 1570. The molecule has 0 radical (unpaired) electrons. The minimum absolute atomic E-state index is 0.0504. The van der Waals surface area contributed by atoms with Crippen molar-refractivity contribution in [2.45, 2.75) is 61.6 Å². The number of hydrogen-bond acceptors (Lipinski definition) is 9. The van der Waals surface area contributed by atoms with Crippen LogP contribution in [0.15, 0.2) is 97.1 Å². The molecule has 0 amide bonds. The van der Waals surface area contributed by atoms with Gasteiger partial charge in [0.25, 0.3) is 0 Å². The molecule has 0 spiro atoms. The molecular weight excluding hydrogens is 605 g/mol. The molecule has 1 saturated heterocycles. The van der Waals surface area contributed by atoms with Crippen LogP contribution in [0.4, 0.5) is 10.1 Å². The molecule has 6 N–H and O–H groups in total. The van der Waals surface area contributed by atoms with Crippen molar-refractivity contribution in [3.05, 3.63) is 120 Å². The molecule has 10 heteroatoms. The lowest BCUT2D eigenvalue weighted by Gasteiger charge is -2.40. The summed E-state index contributed by atoms with van der Waals surface area (Å²) in [5, 5.41) is 62.7. The number of likely N-dealkylation sites (N-methyl/N-ethyl adjacent to an activating group) is 1. The Morgan fingerprint density at radius 3 is 2.11 bits per heavy atom. The number of aromatic hydroxyl groups is 1. The number of ether oxygens (including phenoxy) is 2. The van der Waals surface area contributed by atoms with Crippen LogP contribution in [0.2, 0.25) is 0 Å². The third-order valence-corrected chi connectivity index (χ3v) is 9.03. The van der Waals surface area contributed by atoms with Gasteiger partial charge in [0.1, 0.15) is 42.1 Å². The molecule has 47 heavy (non-hydrogen) atoms. The van der Waals surface area contributed by atoms with E-state index in [2.05, 4.69) is 0 Å². The summed E-state index contributed by atoms with van der Waals surface area (Å²) in [4.78, 5) is 2.03. The second kappa shape index (κ2) is 15.4. The largest absolute Gasteiger partial charge is 0.508 e. The van der Waals surface area contributed by atoms with Gasteiger partial charge in [-0.3, -0.25) is 0 Å². The van der Waals surface area contributed by atoms with Crippen LogP contribution in [0.1, 0.15) is 47.8 Å².